The van der Waals surface area contributed by atoms with Gasteiger partial charge in [-0.1, -0.05) is 19.0 Å². The largest absolute Gasteiger partial charge is 0.336 e. The van der Waals surface area contributed by atoms with E-state index >= 15 is 0 Å². The van der Waals surface area contributed by atoms with Crippen LogP contribution in [0.15, 0.2) is 10.6 Å². The van der Waals surface area contributed by atoms with Crippen LogP contribution in [0.4, 0.5) is 0 Å². The van der Waals surface area contributed by atoms with E-state index in [1.807, 2.05) is 13.8 Å². The van der Waals surface area contributed by atoms with Crippen LogP contribution < -0.4 is 5.48 Å². The fraction of sp³-hybridized carbons (Fsp3) is 0.417. The molecule has 96 valence electrons. The number of fused-ring (bicyclic) bond motifs is 1. The van der Waals surface area contributed by atoms with Gasteiger partial charge in [-0.25, -0.2) is 10.5 Å². The summed E-state index contributed by atoms with van der Waals surface area (Å²) in [6.07, 6.45) is 0. The smallest absolute Gasteiger partial charge is 0.275 e. The number of hydrogen-bond acceptors (Lipinski definition) is 5. The van der Waals surface area contributed by atoms with E-state index in [9.17, 15) is 4.79 Å². The molecule has 0 bridgehead atoms. The zero-order valence-corrected chi connectivity index (χ0v) is 10.8. The Labute approximate surface area is 104 Å². The van der Waals surface area contributed by atoms with Gasteiger partial charge < -0.3 is 4.52 Å². The zero-order valence-electron chi connectivity index (χ0n) is 10.8. The van der Waals surface area contributed by atoms with Crippen molar-refractivity contribution in [3.63, 3.8) is 0 Å². The molecule has 2 aromatic rings. The molecule has 0 unspecified atom stereocenters. The summed E-state index contributed by atoms with van der Waals surface area (Å²) in [5.41, 5.74) is 4.55. The molecule has 0 aliphatic carbocycles. The van der Waals surface area contributed by atoms with E-state index < -0.39 is 0 Å². The summed E-state index contributed by atoms with van der Waals surface area (Å²) in [5, 5.41) is 4.46. The van der Waals surface area contributed by atoms with Crippen LogP contribution in [0.2, 0.25) is 0 Å². The third-order valence-corrected chi connectivity index (χ3v) is 2.67. The quantitative estimate of drug-likeness (QED) is 0.841. The highest BCUT2D eigenvalue weighted by molar-refractivity contribution is 6.05. The second kappa shape index (κ2) is 4.73. The summed E-state index contributed by atoms with van der Waals surface area (Å²) in [6, 6.07) is 1.74. The molecule has 2 aromatic heterocycles. The van der Waals surface area contributed by atoms with Gasteiger partial charge in [0.2, 0.25) is 0 Å². The maximum atomic E-state index is 12.0. The Kier molecular flexibility index (Phi) is 3.29. The number of nitrogens with zero attached hydrogens (tertiary/aromatic N) is 2. The molecule has 0 spiro atoms. The molecule has 0 aliphatic rings. The number of aryl methyl sites for hydroxylation is 1. The van der Waals surface area contributed by atoms with E-state index in [0.29, 0.717) is 22.4 Å². The van der Waals surface area contributed by atoms with E-state index in [1.54, 1.807) is 13.0 Å². The zero-order chi connectivity index (χ0) is 13.3. The van der Waals surface area contributed by atoms with Crippen molar-refractivity contribution in [2.24, 2.45) is 0 Å². The van der Waals surface area contributed by atoms with Gasteiger partial charge in [0, 0.05) is 5.69 Å². The first-order valence-electron chi connectivity index (χ1n) is 5.64. The number of amides is 1. The van der Waals surface area contributed by atoms with Crippen molar-refractivity contribution < 1.29 is 14.2 Å². The number of nitrogens with one attached hydrogen (secondary N) is 1. The molecule has 18 heavy (non-hydrogen) atoms. The third-order valence-electron chi connectivity index (χ3n) is 2.67. The Morgan fingerprint density at radius 1 is 1.50 bits per heavy atom. The molecule has 0 atom stereocenters. The molecule has 2 rings (SSSR count). The summed E-state index contributed by atoms with van der Waals surface area (Å²) in [7, 11) is 1.39. The van der Waals surface area contributed by atoms with Crippen molar-refractivity contribution in [3.8, 4) is 0 Å². The summed E-state index contributed by atoms with van der Waals surface area (Å²) in [4.78, 5) is 21.0. The topological polar surface area (TPSA) is 77.2 Å². The Balaban J connectivity index is 2.66. The van der Waals surface area contributed by atoms with E-state index in [-0.39, 0.29) is 11.8 Å². The maximum absolute atomic E-state index is 12.0. The number of hydrogen-bond donors (Lipinski definition) is 1. The molecule has 0 aromatic carbocycles. The molecule has 0 fully saturated rings. The second-order valence-electron chi connectivity index (χ2n) is 4.33. The van der Waals surface area contributed by atoms with Crippen LogP contribution in [-0.2, 0) is 4.84 Å². The SMILES string of the molecule is CONC(=O)c1cc(C(C)C)nc2onc(C)c12. The minimum absolute atomic E-state index is 0.189. The molecule has 6 nitrogen and oxygen atoms in total. The summed E-state index contributed by atoms with van der Waals surface area (Å²) >= 11 is 0. The Hall–Kier alpha value is -1.95. The fourth-order valence-electron chi connectivity index (χ4n) is 1.74. The summed E-state index contributed by atoms with van der Waals surface area (Å²) < 4.78 is 5.13. The van der Waals surface area contributed by atoms with Gasteiger partial charge in [-0.3, -0.25) is 9.63 Å². The van der Waals surface area contributed by atoms with Crippen LogP contribution in [-0.4, -0.2) is 23.2 Å². The third kappa shape index (κ3) is 2.06. The number of rotatable bonds is 3. The lowest BCUT2D eigenvalue weighted by atomic mass is 10.0. The summed E-state index contributed by atoms with van der Waals surface area (Å²) in [6.45, 7) is 5.76. The van der Waals surface area contributed by atoms with Gasteiger partial charge >= 0.3 is 0 Å². The minimum atomic E-state index is -0.335. The highest BCUT2D eigenvalue weighted by atomic mass is 16.6. The number of pyridine rings is 1. The van der Waals surface area contributed by atoms with Crippen LogP contribution in [0, 0.1) is 6.92 Å². The average Bonchev–Trinajstić information content (AvgIpc) is 2.70. The predicted octanol–water partition coefficient (Wildman–Crippen LogP) is 1.95. The van der Waals surface area contributed by atoms with Gasteiger partial charge in [-0.15, -0.1) is 0 Å². The molecule has 0 saturated carbocycles. The van der Waals surface area contributed by atoms with Crippen molar-refractivity contribution in [1.82, 2.24) is 15.6 Å². The number of carbonyl (C=O) groups is 1. The molecule has 1 N–H and O–H groups in total. The second-order valence-corrected chi connectivity index (χ2v) is 4.33. The Morgan fingerprint density at radius 2 is 2.22 bits per heavy atom. The Bertz CT molecular complexity index is 590. The minimum Gasteiger partial charge on any atom is -0.336 e. The van der Waals surface area contributed by atoms with Gasteiger partial charge in [-0.2, -0.15) is 0 Å². The van der Waals surface area contributed by atoms with E-state index in [1.165, 1.54) is 7.11 Å². The van der Waals surface area contributed by atoms with Crippen LogP contribution in [0.25, 0.3) is 11.1 Å². The monoisotopic (exact) mass is 249 g/mol. The molecule has 1 amide bonds. The maximum Gasteiger partial charge on any atom is 0.275 e. The van der Waals surface area contributed by atoms with E-state index in [2.05, 4.69) is 20.5 Å². The van der Waals surface area contributed by atoms with Crippen LogP contribution in [0.3, 0.4) is 0 Å². The standard InChI is InChI=1S/C12H15N3O3/c1-6(2)9-5-8(11(16)15-17-4)10-7(3)14-18-12(10)13-9/h5-6H,1-4H3,(H,15,16). The van der Waals surface area contributed by atoms with Crippen LogP contribution in [0.1, 0.15) is 41.5 Å². The van der Waals surface area contributed by atoms with Gasteiger partial charge in [0.05, 0.1) is 23.8 Å². The van der Waals surface area contributed by atoms with E-state index in [0.717, 1.165) is 5.69 Å². The highest BCUT2D eigenvalue weighted by Gasteiger charge is 2.19. The highest BCUT2D eigenvalue weighted by Crippen LogP contribution is 2.24. The van der Waals surface area contributed by atoms with Crippen LogP contribution >= 0.6 is 0 Å². The predicted molar refractivity (Wildman–Crippen MR) is 65.1 cm³/mol. The first kappa shape index (κ1) is 12.5. The lowest BCUT2D eigenvalue weighted by Crippen LogP contribution is -2.22. The number of carbonyl (C=O) groups excluding carboxylic acids is 1. The lowest BCUT2D eigenvalue weighted by molar-refractivity contribution is 0.0539. The van der Waals surface area contributed by atoms with Crippen molar-refractivity contribution in [1.29, 1.82) is 0 Å². The molecular weight excluding hydrogens is 234 g/mol. The van der Waals surface area contributed by atoms with Crippen molar-refractivity contribution >= 4 is 17.0 Å². The number of aromatic nitrogens is 2. The molecule has 0 radical (unpaired) electrons. The van der Waals surface area contributed by atoms with Crippen LogP contribution in [0.5, 0.6) is 0 Å². The number of hydroxylamine groups is 1. The van der Waals surface area contributed by atoms with Crippen molar-refractivity contribution in [2.75, 3.05) is 7.11 Å². The van der Waals surface area contributed by atoms with Gasteiger partial charge in [0.25, 0.3) is 11.6 Å². The first-order chi connectivity index (χ1) is 8.54. The van der Waals surface area contributed by atoms with E-state index in [4.69, 9.17) is 4.52 Å². The normalized spacial score (nSPS) is 11.2. The van der Waals surface area contributed by atoms with Gasteiger partial charge in [0.15, 0.2) is 0 Å². The molecule has 0 saturated heterocycles. The molecule has 6 heteroatoms. The fourth-order valence-corrected chi connectivity index (χ4v) is 1.74. The first-order valence-corrected chi connectivity index (χ1v) is 5.64. The molecule has 0 aliphatic heterocycles. The Morgan fingerprint density at radius 3 is 2.83 bits per heavy atom. The van der Waals surface area contributed by atoms with Gasteiger partial charge in [0.1, 0.15) is 0 Å². The van der Waals surface area contributed by atoms with Crippen molar-refractivity contribution in [2.45, 2.75) is 26.7 Å². The lowest BCUT2D eigenvalue weighted by Gasteiger charge is -2.08. The molecule has 2 heterocycles. The summed E-state index contributed by atoms with van der Waals surface area (Å²) in [5.74, 6) is -0.146. The van der Waals surface area contributed by atoms with Crippen molar-refractivity contribution in [3.05, 3.63) is 23.0 Å². The average molecular weight is 249 g/mol. The molecular formula is C12H15N3O3. The van der Waals surface area contributed by atoms with Gasteiger partial charge in [-0.05, 0) is 18.9 Å².